The number of nitrogens with one attached hydrogen (secondary N) is 2. The van der Waals surface area contributed by atoms with E-state index in [0.29, 0.717) is 28.1 Å². The molecule has 0 aliphatic heterocycles. The predicted molar refractivity (Wildman–Crippen MR) is 96.6 cm³/mol. The highest BCUT2D eigenvalue weighted by Crippen LogP contribution is 2.28. The molecule has 0 aliphatic carbocycles. The van der Waals surface area contributed by atoms with Gasteiger partial charge in [0.2, 0.25) is 0 Å². The van der Waals surface area contributed by atoms with Gasteiger partial charge in [0.25, 0.3) is 0 Å². The first-order valence-corrected chi connectivity index (χ1v) is 8.19. The number of nitrogens with zero attached hydrogens (tertiary/aromatic N) is 3. The lowest BCUT2D eigenvalue weighted by molar-refractivity contribution is 0.210. The van der Waals surface area contributed by atoms with Gasteiger partial charge in [-0.2, -0.15) is 5.10 Å². The van der Waals surface area contributed by atoms with Crippen molar-refractivity contribution in [1.29, 1.82) is 0 Å². The van der Waals surface area contributed by atoms with Gasteiger partial charge in [-0.05, 0) is 42.8 Å². The molecule has 0 spiro atoms. The number of anilines is 2. The van der Waals surface area contributed by atoms with E-state index in [9.17, 15) is 13.9 Å². The van der Waals surface area contributed by atoms with Crippen LogP contribution in [-0.2, 0) is 0 Å². The summed E-state index contributed by atoms with van der Waals surface area (Å²) >= 11 is 0. The third-order valence-electron chi connectivity index (χ3n) is 4.06. The summed E-state index contributed by atoms with van der Waals surface area (Å²) in [6.45, 7) is 1.85. The molecule has 2 aromatic heterocycles. The number of hydrogen-bond donors (Lipinski definition) is 3. The smallest absolute Gasteiger partial charge is 0.164 e. The monoisotopic (exact) mass is 367 g/mol. The molecule has 0 amide bonds. The number of hydrogen-bond acceptors (Lipinski definition) is 5. The van der Waals surface area contributed by atoms with E-state index in [4.69, 9.17) is 0 Å². The van der Waals surface area contributed by atoms with E-state index in [1.165, 1.54) is 42.5 Å². The summed E-state index contributed by atoms with van der Waals surface area (Å²) in [6.07, 6.45) is -1.17. The van der Waals surface area contributed by atoms with Gasteiger partial charge in [-0.3, -0.25) is 5.10 Å². The number of rotatable bonds is 4. The highest BCUT2D eigenvalue weighted by Gasteiger charge is 2.18. The van der Waals surface area contributed by atoms with E-state index >= 15 is 0 Å². The number of fused-ring (bicyclic) bond motifs is 1. The summed E-state index contributed by atoms with van der Waals surface area (Å²) in [4.78, 5) is 8.69. The number of aryl methyl sites for hydroxylation is 1. The standard InChI is InChI=1S/C19H15F2N5O/c1-10-8-16(26-25-10)23-18-14-9-13(21)6-7-15(14)22-19(24-18)17(27)11-2-4-12(20)5-3-11/h2-9,17,27H,1H3,(H2,22,23,24,25,26). The Kier molecular flexibility index (Phi) is 4.25. The largest absolute Gasteiger partial charge is 0.380 e. The predicted octanol–water partition coefficient (Wildman–Crippen LogP) is 3.76. The van der Waals surface area contributed by atoms with Crippen LogP contribution >= 0.6 is 0 Å². The zero-order valence-electron chi connectivity index (χ0n) is 14.2. The van der Waals surface area contributed by atoms with Crippen molar-refractivity contribution < 1.29 is 13.9 Å². The Hall–Kier alpha value is -3.39. The van der Waals surface area contributed by atoms with Crippen molar-refractivity contribution in [3.8, 4) is 0 Å². The van der Waals surface area contributed by atoms with Crippen molar-refractivity contribution in [2.45, 2.75) is 13.0 Å². The molecular formula is C19H15F2N5O. The summed E-state index contributed by atoms with van der Waals surface area (Å²) in [6, 6.07) is 11.3. The van der Waals surface area contributed by atoms with E-state index in [1.807, 2.05) is 6.92 Å². The number of benzene rings is 2. The minimum Gasteiger partial charge on any atom is -0.380 e. The average molecular weight is 367 g/mol. The van der Waals surface area contributed by atoms with Crippen molar-refractivity contribution in [3.05, 3.63) is 77.2 Å². The molecule has 1 unspecified atom stereocenters. The van der Waals surface area contributed by atoms with Crippen LogP contribution in [0.1, 0.15) is 23.2 Å². The van der Waals surface area contributed by atoms with Crippen LogP contribution in [-0.4, -0.2) is 25.3 Å². The number of aliphatic hydroxyl groups excluding tert-OH is 1. The number of aromatic amines is 1. The molecular weight excluding hydrogens is 352 g/mol. The maximum absolute atomic E-state index is 13.7. The van der Waals surface area contributed by atoms with Crippen LogP contribution in [0, 0.1) is 18.6 Å². The molecule has 4 rings (SSSR count). The molecule has 0 saturated carbocycles. The van der Waals surface area contributed by atoms with Crippen molar-refractivity contribution in [1.82, 2.24) is 20.2 Å². The topological polar surface area (TPSA) is 86.7 Å². The van der Waals surface area contributed by atoms with Crippen LogP contribution in [0.15, 0.2) is 48.5 Å². The van der Waals surface area contributed by atoms with Gasteiger partial charge in [-0.25, -0.2) is 18.7 Å². The van der Waals surface area contributed by atoms with Crippen LogP contribution in [0.5, 0.6) is 0 Å². The first-order chi connectivity index (χ1) is 13.0. The minimum atomic E-state index is -1.17. The van der Waals surface area contributed by atoms with Gasteiger partial charge < -0.3 is 10.4 Å². The number of H-pyrrole nitrogens is 1. The fraction of sp³-hybridized carbons (Fsp3) is 0.105. The molecule has 2 heterocycles. The quantitative estimate of drug-likeness (QED) is 0.511. The van der Waals surface area contributed by atoms with Crippen LogP contribution in [0.3, 0.4) is 0 Å². The van der Waals surface area contributed by atoms with Gasteiger partial charge in [0, 0.05) is 17.1 Å². The zero-order chi connectivity index (χ0) is 19.0. The second kappa shape index (κ2) is 6.73. The van der Waals surface area contributed by atoms with E-state index < -0.39 is 17.7 Å². The van der Waals surface area contributed by atoms with Crippen LogP contribution in [0.4, 0.5) is 20.4 Å². The Bertz CT molecular complexity index is 1110. The van der Waals surface area contributed by atoms with Gasteiger partial charge in [-0.15, -0.1) is 0 Å². The second-order valence-corrected chi connectivity index (χ2v) is 6.11. The molecule has 3 N–H and O–H groups in total. The van der Waals surface area contributed by atoms with Crippen molar-refractivity contribution in [2.75, 3.05) is 5.32 Å². The molecule has 0 bridgehead atoms. The van der Waals surface area contributed by atoms with Crippen molar-refractivity contribution in [3.63, 3.8) is 0 Å². The molecule has 6 nitrogen and oxygen atoms in total. The lowest BCUT2D eigenvalue weighted by atomic mass is 10.1. The molecule has 0 saturated heterocycles. The van der Waals surface area contributed by atoms with Gasteiger partial charge in [0.05, 0.1) is 5.52 Å². The summed E-state index contributed by atoms with van der Waals surface area (Å²) in [7, 11) is 0. The Balaban J connectivity index is 1.81. The van der Waals surface area contributed by atoms with Gasteiger partial charge in [-0.1, -0.05) is 12.1 Å². The minimum absolute atomic E-state index is 0.107. The van der Waals surface area contributed by atoms with Gasteiger partial charge >= 0.3 is 0 Å². The number of aliphatic hydroxyl groups is 1. The van der Waals surface area contributed by atoms with Crippen molar-refractivity contribution in [2.24, 2.45) is 0 Å². The van der Waals surface area contributed by atoms with Crippen LogP contribution in [0.2, 0.25) is 0 Å². The molecule has 2 aromatic carbocycles. The Morgan fingerprint density at radius 1 is 1.00 bits per heavy atom. The molecule has 4 aromatic rings. The zero-order valence-corrected chi connectivity index (χ0v) is 14.2. The third kappa shape index (κ3) is 3.47. The van der Waals surface area contributed by atoms with E-state index in [2.05, 4.69) is 25.5 Å². The average Bonchev–Trinajstić information content (AvgIpc) is 3.07. The molecule has 27 heavy (non-hydrogen) atoms. The Morgan fingerprint density at radius 3 is 2.44 bits per heavy atom. The SMILES string of the molecule is Cc1cc(Nc2nc(C(O)c3ccc(F)cc3)nc3ccc(F)cc23)n[nH]1. The fourth-order valence-electron chi connectivity index (χ4n) is 2.73. The third-order valence-corrected chi connectivity index (χ3v) is 4.06. The lowest BCUT2D eigenvalue weighted by Crippen LogP contribution is -2.08. The summed E-state index contributed by atoms with van der Waals surface area (Å²) in [5.74, 6) is 0.0768. The molecule has 0 fully saturated rings. The number of aromatic nitrogens is 4. The van der Waals surface area contributed by atoms with Crippen LogP contribution < -0.4 is 5.32 Å². The summed E-state index contributed by atoms with van der Waals surface area (Å²) in [5.41, 5.74) is 1.74. The van der Waals surface area contributed by atoms with Crippen LogP contribution in [0.25, 0.3) is 10.9 Å². The van der Waals surface area contributed by atoms with Crippen molar-refractivity contribution >= 4 is 22.5 Å². The summed E-state index contributed by atoms with van der Waals surface area (Å²) in [5, 5.41) is 21.0. The lowest BCUT2D eigenvalue weighted by Gasteiger charge is -2.14. The molecule has 8 heteroatoms. The highest BCUT2D eigenvalue weighted by molar-refractivity contribution is 5.90. The highest BCUT2D eigenvalue weighted by atomic mass is 19.1. The number of halogens is 2. The van der Waals surface area contributed by atoms with E-state index in [0.717, 1.165) is 5.69 Å². The molecule has 0 aliphatic rings. The maximum atomic E-state index is 13.7. The van der Waals surface area contributed by atoms with E-state index in [1.54, 1.807) is 6.07 Å². The maximum Gasteiger partial charge on any atom is 0.164 e. The van der Waals surface area contributed by atoms with E-state index in [-0.39, 0.29) is 5.82 Å². The molecule has 0 radical (unpaired) electrons. The molecule has 1 atom stereocenters. The first-order valence-electron chi connectivity index (χ1n) is 8.19. The first kappa shape index (κ1) is 17.0. The Morgan fingerprint density at radius 2 is 1.74 bits per heavy atom. The molecule has 136 valence electrons. The van der Waals surface area contributed by atoms with Gasteiger partial charge in [0.15, 0.2) is 11.6 Å². The fourth-order valence-corrected chi connectivity index (χ4v) is 2.73. The Labute approximate surface area is 152 Å². The summed E-state index contributed by atoms with van der Waals surface area (Å²) < 4.78 is 26.9. The second-order valence-electron chi connectivity index (χ2n) is 6.11. The normalized spacial score (nSPS) is 12.3. The van der Waals surface area contributed by atoms with Gasteiger partial charge in [0.1, 0.15) is 23.6 Å².